The Morgan fingerprint density at radius 3 is 2.76 bits per heavy atom. The third-order valence-electron chi connectivity index (χ3n) is 4.85. The van der Waals surface area contributed by atoms with Crippen LogP contribution in [0.25, 0.3) is 6.08 Å². The van der Waals surface area contributed by atoms with Crippen molar-refractivity contribution in [1.82, 2.24) is 0 Å². The Morgan fingerprint density at radius 2 is 2.05 bits per heavy atom. The Balaban J connectivity index is 2.06. The SMILES string of the molecule is Cc1cc2c(c(=O)o1)C=C[C@@]1(CCCC[C@@H]1C(C)(C)C)O2. The van der Waals surface area contributed by atoms with Crippen LogP contribution in [0.2, 0.25) is 0 Å². The van der Waals surface area contributed by atoms with E-state index in [-0.39, 0.29) is 16.6 Å². The summed E-state index contributed by atoms with van der Waals surface area (Å²) in [6, 6.07) is 1.84. The van der Waals surface area contributed by atoms with Gasteiger partial charge in [-0.3, -0.25) is 0 Å². The molecule has 0 aromatic carbocycles. The molecule has 1 saturated carbocycles. The number of rotatable bonds is 0. The van der Waals surface area contributed by atoms with Gasteiger partial charge in [-0.25, -0.2) is 4.79 Å². The molecule has 3 rings (SSSR count). The normalized spacial score (nSPS) is 28.3. The smallest absolute Gasteiger partial charge is 0.346 e. The maximum Gasteiger partial charge on any atom is 0.346 e. The molecule has 0 amide bonds. The molecule has 21 heavy (non-hydrogen) atoms. The van der Waals surface area contributed by atoms with Crippen LogP contribution >= 0.6 is 0 Å². The molecule has 1 fully saturated rings. The quantitative estimate of drug-likeness (QED) is 0.713. The molecule has 1 spiro atoms. The van der Waals surface area contributed by atoms with E-state index in [0.717, 1.165) is 6.42 Å². The van der Waals surface area contributed by atoms with Gasteiger partial charge in [0, 0.05) is 12.0 Å². The molecule has 2 aliphatic rings. The average Bonchev–Trinajstić information content (AvgIpc) is 2.36. The Bertz CT molecular complexity index is 633. The van der Waals surface area contributed by atoms with Crippen molar-refractivity contribution in [3.8, 4) is 5.75 Å². The molecule has 3 nitrogen and oxygen atoms in total. The largest absolute Gasteiger partial charge is 0.482 e. The van der Waals surface area contributed by atoms with E-state index in [1.54, 1.807) is 6.92 Å². The minimum Gasteiger partial charge on any atom is -0.482 e. The van der Waals surface area contributed by atoms with E-state index in [1.165, 1.54) is 19.3 Å². The van der Waals surface area contributed by atoms with Crippen LogP contribution in [-0.4, -0.2) is 5.60 Å². The van der Waals surface area contributed by atoms with Gasteiger partial charge in [0.1, 0.15) is 22.7 Å². The highest BCUT2D eigenvalue weighted by atomic mass is 16.5. The second kappa shape index (κ2) is 4.75. The summed E-state index contributed by atoms with van der Waals surface area (Å²) >= 11 is 0. The zero-order valence-electron chi connectivity index (χ0n) is 13.4. The molecule has 3 heteroatoms. The fourth-order valence-corrected chi connectivity index (χ4v) is 3.95. The summed E-state index contributed by atoms with van der Waals surface area (Å²) in [5, 5.41) is 0. The van der Waals surface area contributed by atoms with Crippen LogP contribution in [0.3, 0.4) is 0 Å². The Kier molecular flexibility index (Phi) is 3.27. The van der Waals surface area contributed by atoms with Gasteiger partial charge in [0.25, 0.3) is 0 Å². The highest BCUT2D eigenvalue weighted by molar-refractivity contribution is 5.60. The minimum absolute atomic E-state index is 0.177. The van der Waals surface area contributed by atoms with Gasteiger partial charge in [-0.1, -0.05) is 27.2 Å². The summed E-state index contributed by atoms with van der Waals surface area (Å²) in [4.78, 5) is 11.9. The lowest BCUT2D eigenvalue weighted by molar-refractivity contribution is -0.0343. The highest BCUT2D eigenvalue weighted by Gasteiger charge is 2.48. The number of hydrogen-bond acceptors (Lipinski definition) is 3. The zero-order chi connectivity index (χ0) is 15.3. The lowest BCUT2D eigenvalue weighted by Crippen LogP contribution is -2.50. The fraction of sp³-hybridized carbons (Fsp3) is 0.611. The van der Waals surface area contributed by atoms with E-state index in [1.807, 2.05) is 12.1 Å². The Hall–Kier alpha value is -1.51. The van der Waals surface area contributed by atoms with Crippen LogP contribution < -0.4 is 10.4 Å². The molecule has 1 aromatic rings. The summed E-state index contributed by atoms with van der Waals surface area (Å²) in [5.41, 5.74) is 0.143. The van der Waals surface area contributed by atoms with Gasteiger partial charge < -0.3 is 9.15 Å². The predicted octanol–water partition coefficient (Wildman–Crippen LogP) is 4.33. The first-order valence-electron chi connectivity index (χ1n) is 7.85. The number of aryl methyl sites for hydroxylation is 1. The summed E-state index contributed by atoms with van der Waals surface area (Å²) in [7, 11) is 0. The van der Waals surface area contributed by atoms with Crippen LogP contribution in [0, 0.1) is 18.3 Å². The molecule has 1 aliphatic carbocycles. The molecule has 2 heterocycles. The molecular weight excluding hydrogens is 264 g/mol. The van der Waals surface area contributed by atoms with Crippen LogP contribution in [0.1, 0.15) is 57.8 Å². The van der Waals surface area contributed by atoms with Crippen molar-refractivity contribution >= 4 is 6.08 Å². The van der Waals surface area contributed by atoms with Crippen LogP contribution in [-0.2, 0) is 0 Å². The molecule has 1 aromatic heterocycles. The van der Waals surface area contributed by atoms with Crippen molar-refractivity contribution in [3.63, 3.8) is 0 Å². The van der Waals surface area contributed by atoms with Crippen LogP contribution in [0.15, 0.2) is 21.4 Å². The Morgan fingerprint density at radius 1 is 1.29 bits per heavy atom. The van der Waals surface area contributed by atoms with Crippen molar-refractivity contribution in [2.75, 3.05) is 0 Å². The monoisotopic (exact) mass is 288 g/mol. The van der Waals surface area contributed by atoms with Gasteiger partial charge in [-0.05, 0) is 43.8 Å². The Labute approximate surface area is 126 Å². The van der Waals surface area contributed by atoms with Gasteiger partial charge in [0.2, 0.25) is 0 Å². The molecule has 114 valence electrons. The highest BCUT2D eigenvalue weighted by Crippen LogP contribution is 2.49. The van der Waals surface area contributed by atoms with Gasteiger partial charge in [-0.15, -0.1) is 0 Å². The van der Waals surface area contributed by atoms with E-state index in [9.17, 15) is 4.79 Å². The molecule has 0 unspecified atom stereocenters. The maximum absolute atomic E-state index is 11.9. The second-order valence-corrected chi connectivity index (χ2v) is 7.48. The summed E-state index contributed by atoms with van der Waals surface area (Å²) in [6.45, 7) is 8.63. The minimum atomic E-state index is -0.306. The van der Waals surface area contributed by atoms with Gasteiger partial charge in [0.15, 0.2) is 0 Å². The van der Waals surface area contributed by atoms with Crippen molar-refractivity contribution < 1.29 is 9.15 Å². The third kappa shape index (κ3) is 2.43. The van der Waals surface area contributed by atoms with Crippen molar-refractivity contribution in [2.24, 2.45) is 11.3 Å². The molecular formula is C18H24O3. The van der Waals surface area contributed by atoms with Crippen LogP contribution in [0.4, 0.5) is 0 Å². The van der Waals surface area contributed by atoms with Crippen molar-refractivity contribution in [2.45, 2.75) is 59.0 Å². The van der Waals surface area contributed by atoms with E-state index >= 15 is 0 Å². The maximum atomic E-state index is 11.9. The first kappa shape index (κ1) is 14.4. The standard InChI is InChI=1S/C18H24O3/c1-12-11-14-13(16(19)20-12)8-10-18(21-14)9-6-5-7-15(18)17(2,3)4/h8,10-11,15H,5-7,9H2,1-4H3/t15-,18-/m1/s1. The van der Waals surface area contributed by atoms with Gasteiger partial charge >= 0.3 is 5.63 Å². The number of ether oxygens (including phenoxy) is 1. The topological polar surface area (TPSA) is 39.4 Å². The lowest BCUT2D eigenvalue weighted by Gasteiger charge is -2.49. The molecule has 0 saturated heterocycles. The van der Waals surface area contributed by atoms with E-state index in [2.05, 4.69) is 26.8 Å². The molecule has 2 atom stereocenters. The van der Waals surface area contributed by atoms with Crippen LogP contribution in [0.5, 0.6) is 5.75 Å². The molecule has 1 aliphatic heterocycles. The van der Waals surface area contributed by atoms with E-state index in [4.69, 9.17) is 9.15 Å². The number of hydrogen-bond donors (Lipinski definition) is 0. The number of fused-ring (bicyclic) bond motifs is 1. The summed E-state index contributed by atoms with van der Waals surface area (Å²) < 4.78 is 11.6. The van der Waals surface area contributed by atoms with Crippen molar-refractivity contribution in [1.29, 1.82) is 0 Å². The summed E-state index contributed by atoms with van der Waals surface area (Å²) in [5.74, 6) is 1.74. The van der Waals surface area contributed by atoms with Crippen molar-refractivity contribution in [3.05, 3.63) is 33.9 Å². The molecule has 0 bridgehead atoms. The van der Waals surface area contributed by atoms with E-state index in [0.29, 0.717) is 23.0 Å². The van der Waals surface area contributed by atoms with Gasteiger partial charge in [0.05, 0.1) is 0 Å². The predicted molar refractivity (Wildman–Crippen MR) is 83.5 cm³/mol. The van der Waals surface area contributed by atoms with E-state index < -0.39 is 0 Å². The first-order chi connectivity index (χ1) is 9.82. The lowest BCUT2D eigenvalue weighted by atomic mass is 9.63. The second-order valence-electron chi connectivity index (χ2n) is 7.48. The summed E-state index contributed by atoms with van der Waals surface area (Å²) in [6.07, 6.45) is 8.63. The molecule has 0 N–H and O–H groups in total. The average molecular weight is 288 g/mol. The van der Waals surface area contributed by atoms with Gasteiger partial charge in [-0.2, -0.15) is 0 Å². The molecule has 0 radical (unpaired) electrons. The zero-order valence-corrected chi connectivity index (χ0v) is 13.4. The first-order valence-corrected chi connectivity index (χ1v) is 7.85. The fourth-order valence-electron chi connectivity index (χ4n) is 3.95. The third-order valence-corrected chi connectivity index (χ3v) is 4.85.